The number of hydrogen-bond donors (Lipinski definition) is 0. The molecule has 0 aromatic rings. The van der Waals surface area contributed by atoms with Crippen molar-refractivity contribution >= 4 is 5.78 Å². The van der Waals surface area contributed by atoms with E-state index in [1.165, 1.54) is 44.9 Å². The first kappa shape index (κ1) is 12.1. The van der Waals surface area contributed by atoms with Crippen LogP contribution in [0.5, 0.6) is 0 Å². The summed E-state index contributed by atoms with van der Waals surface area (Å²) in [5, 5.41) is 0. The molecule has 16 heavy (non-hydrogen) atoms. The second kappa shape index (κ2) is 4.89. The van der Waals surface area contributed by atoms with Gasteiger partial charge in [-0.1, -0.05) is 46.0 Å². The Morgan fingerprint density at radius 3 is 1.94 bits per heavy atom. The Labute approximate surface area is 100.0 Å². The summed E-state index contributed by atoms with van der Waals surface area (Å²) in [7, 11) is 0. The van der Waals surface area contributed by atoms with E-state index in [-0.39, 0.29) is 5.41 Å². The highest BCUT2D eigenvalue weighted by Crippen LogP contribution is 2.43. The average molecular weight is 222 g/mol. The summed E-state index contributed by atoms with van der Waals surface area (Å²) in [5.74, 6) is 1.64. The van der Waals surface area contributed by atoms with Crippen LogP contribution >= 0.6 is 0 Å². The lowest BCUT2D eigenvalue weighted by Gasteiger charge is -2.35. The minimum atomic E-state index is -0.0431. The monoisotopic (exact) mass is 222 g/mol. The molecule has 2 aliphatic rings. The predicted octanol–water partition coefficient (Wildman–Crippen LogP) is 4.35. The minimum absolute atomic E-state index is 0.0431. The summed E-state index contributed by atoms with van der Waals surface area (Å²) in [6, 6.07) is 0. The molecule has 0 atom stereocenters. The Kier molecular flexibility index (Phi) is 3.71. The summed E-state index contributed by atoms with van der Waals surface area (Å²) in [6.07, 6.45) is 11.5. The van der Waals surface area contributed by atoms with Crippen molar-refractivity contribution in [3.8, 4) is 0 Å². The highest BCUT2D eigenvalue weighted by Gasteiger charge is 2.41. The molecule has 0 bridgehead atoms. The number of rotatable bonds is 3. The van der Waals surface area contributed by atoms with E-state index in [0.29, 0.717) is 17.6 Å². The van der Waals surface area contributed by atoms with E-state index in [0.717, 1.165) is 12.8 Å². The number of carbonyl (C=O) groups excluding carboxylic acids is 1. The SMILES string of the molecule is CC(C)(C(=O)C1CCCCC1)C1CCCC1. The molecule has 2 aliphatic carbocycles. The number of hydrogen-bond acceptors (Lipinski definition) is 1. The molecule has 0 aliphatic heterocycles. The minimum Gasteiger partial charge on any atom is -0.299 e. The standard InChI is InChI=1S/C15H26O/c1-15(2,13-10-6-7-11-13)14(16)12-8-4-3-5-9-12/h12-13H,3-11H2,1-2H3. The maximum absolute atomic E-state index is 12.6. The van der Waals surface area contributed by atoms with Gasteiger partial charge in [-0.15, -0.1) is 0 Å². The smallest absolute Gasteiger partial charge is 0.141 e. The molecule has 92 valence electrons. The Balaban J connectivity index is 2.00. The van der Waals surface area contributed by atoms with E-state index in [4.69, 9.17) is 0 Å². The van der Waals surface area contributed by atoms with E-state index in [9.17, 15) is 4.79 Å². The van der Waals surface area contributed by atoms with E-state index < -0.39 is 0 Å². The zero-order valence-corrected chi connectivity index (χ0v) is 10.9. The highest BCUT2D eigenvalue weighted by atomic mass is 16.1. The molecular formula is C15H26O. The predicted molar refractivity (Wildman–Crippen MR) is 67.3 cm³/mol. The summed E-state index contributed by atoms with van der Waals surface area (Å²) < 4.78 is 0. The molecule has 0 N–H and O–H groups in total. The summed E-state index contributed by atoms with van der Waals surface area (Å²) in [5.41, 5.74) is -0.0431. The van der Waals surface area contributed by atoms with E-state index in [2.05, 4.69) is 13.8 Å². The van der Waals surface area contributed by atoms with Gasteiger partial charge in [-0.25, -0.2) is 0 Å². The Morgan fingerprint density at radius 2 is 1.38 bits per heavy atom. The van der Waals surface area contributed by atoms with E-state index in [1.54, 1.807) is 0 Å². The molecule has 0 heterocycles. The van der Waals surface area contributed by atoms with Crippen LogP contribution in [0.3, 0.4) is 0 Å². The summed E-state index contributed by atoms with van der Waals surface area (Å²) in [6.45, 7) is 4.42. The third-order valence-electron chi connectivity index (χ3n) is 4.99. The molecule has 2 fully saturated rings. The Hall–Kier alpha value is -0.330. The number of Topliss-reactive ketones (excluding diaryl/α,β-unsaturated/α-hetero) is 1. The first-order chi connectivity index (χ1) is 7.62. The van der Waals surface area contributed by atoms with Crippen LogP contribution in [0.25, 0.3) is 0 Å². The molecule has 1 heteroatoms. The van der Waals surface area contributed by atoms with E-state index >= 15 is 0 Å². The van der Waals surface area contributed by atoms with Crippen LogP contribution < -0.4 is 0 Å². The molecule has 0 radical (unpaired) electrons. The normalized spacial score (nSPS) is 24.9. The maximum Gasteiger partial charge on any atom is 0.141 e. The van der Waals surface area contributed by atoms with Gasteiger partial charge in [0.25, 0.3) is 0 Å². The van der Waals surface area contributed by atoms with Crippen molar-refractivity contribution in [2.75, 3.05) is 0 Å². The molecule has 0 amide bonds. The van der Waals surface area contributed by atoms with Crippen LogP contribution in [0.15, 0.2) is 0 Å². The first-order valence-electron chi connectivity index (χ1n) is 7.16. The molecule has 2 saturated carbocycles. The summed E-state index contributed by atoms with van der Waals surface area (Å²) >= 11 is 0. The topological polar surface area (TPSA) is 17.1 Å². The summed E-state index contributed by atoms with van der Waals surface area (Å²) in [4.78, 5) is 12.6. The van der Waals surface area contributed by atoms with Crippen LogP contribution in [0, 0.1) is 17.3 Å². The van der Waals surface area contributed by atoms with Crippen molar-refractivity contribution in [3.63, 3.8) is 0 Å². The third kappa shape index (κ3) is 2.33. The van der Waals surface area contributed by atoms with Gasteiger partial charge in [-0.3, -0.25) is 4.79 Å². The number of carbonyl (C=O) groups is 1. The fourth-order valence-corrected chi connectivity index (χ4v) is 3.74. The zero-order chi connectivity index (χ0) is 11.6. The second-order valence-electron chi connectivity index (χ2n) is 6.40. The van der Waals surface area contributed by atoms with Gasteiger partial charge in [-0.05, 0) is 31.6 Å². The lowest BCUT2D eigenvalue weighted by Crippen LogP contribution is -2.37. The van der Waals surface area contributed by atoms with Gasteiger partial charge in [0, 0.05) is 11.3 Å². The molecule has 0 unspecified atom stereocenters. The molecule has 0 aromatic carbocycles. The van der Waals surface area contributed by atoms with Crippen molar-refractivity contribution in [2.24, 2.45) is 17.3 Å². The molecule has 0 saturated heterocycles. The van der Waals surface area contributed by atoms with Crippen molar-refractivity contribution in [2.45, 2.75) is 71.6 Å². The van der Waals surface area contributed by atoms with Gasteiger partial charge >= 0.3 is 0 Å². The molecule has 1 nitrogen and oxygen atoms in total. The average Bonchev–Trinajstić information content (AvgIpc) is 2.83. The van der Waals surface area contributed by atoms with Gasteiger partial charge in [0.05, 0.1) is 0 Å². The molecular weight excluding hydrogens is 196 g/mol. The van der Waals surface area contributed by atoms with Crippen LogP contribution in [-0.4, -0.2) is 5.78 Å². The van der Waals surface area contributed by atoms with Crippen molar-refractivity contribution in [1.29, 1.82) is 0 Å². The Bertz CT molecular complexity index is 242. The second-order valence-corrected chi connectivity index (χ2v) is 6.40. The Morgan fingerprint density at radius 1 is 0.875 bits per heavy atom. The fraction of sp³-hybridized carbons (Fsp3) is 0.933. The van der Waals surface area contributed by atoms with Gasteiger partial charge in [-0.2, -0.15) is 0 Å². The van der Waals surface area contributed by atoms with Crippen LogP contribution in [0.1, 0.15) is 71.6 Å². The van der Waals surface area contributed by atoms with Gasteiger partial charge < -0.3 is 0 Å². The van der Waals surface area contributed by atoms with Gasteiger partial charge in [0.2, 0.25) is 0 Å². The molecule has 2 rings (SSSR count). The third-order valence-corrected chi connectivity index (χ3v) is 4.99. The lowest BCUT2D eigenvalue weighted by atomic mass is 9.68. The zero-order valence-electron chi connectivity index (χ0n) is 10.9. The van der Waals surface area contributed by atoms with Gasteiger partial charge in [0.1, 0.15) is 5.78 Å². The van der Waals surface area contributed by atoms with E-state index in [1.807, 2.05) is 0 Å². The van der Waals surface area contributed by atoms with Crippen LogP contribution in [0.2, 0.25) is 0 Å². The first-order valence-corrected chi connectivity index (χ1v) is 7.16. The van der Waals surface area contributed by atoms with Gasteiger partial charge in [0.15, 0.2) is 0 Å². The highest BCUT2D eigenvalue weighted by molar-refractivity contribution is 5.86. The van der Waals surface area contributed by atoms with Crippen molar-refractivity contribution in [1.82, 2.24) is 0 Å². The quantitative estimate of drug-likeness (QED) is 0.693. The molecule has 0 aromatic heterocycles. The fourth-order valence-electron chi connectivity index (χ4n) is 3.74. The van der Waals surface area contributed by atoms with Crippen molar-refractivity contribution in [3.05, 3.63) is 0 Å². The molecule has 0 spiro atoms. The van der Waals surface area contributed by atoms with Crippen LogP contribution in [0.4, 0.5) is 0 Å². The maximum atomic E-state index is 12.6. The lowest BCUT2D eigenvalue weighted by molar-refractivity contribution is -0.135. The van der Waals surface area contributed by atoms with Crippen LogP contribution in [-0.2, 0) is 4.79 Å². The largest absolute Gasteiger partial charge is 0.299 e. The van der Waals surface area contributed by atoms with Crippen molar-refractivity contribution < 1.29 is 4.79 Å². The number of ketones is 1.